The van der Waals surface area contributed by atoms with Gasteiger partial charge in [-0.2, -0.15) is 0 Å². The van der Waals surface area contributed by atoms with Crippen LogP contribution in [-0.2, 0) is 5.88 Å². The molecule has 0 saturated carbocycles. The van der Waals surface area contributed by atoms with Crippen LogP contribution in [0, 0.1) is 0 Å². The normalized spacial score (nSPS) is 10.3. The number of hydrogen-bond acceptors (Lipinski definition) is 4. The maximum absolute atomic E-state index is 5.83. The summed E-state index contributed by atoms with van der Waals surface area (Å²) in [5, 5.41) is 0.356. The highest BCUT2D eigenvalue weighted by molar-refractivity contribution is 6.29. The molecule has 6 heteroatoms. The van der Waals surface area contributed by atoms with E-state index in [2.05, 4.69) is 19.9 Å². The van der Waals surface area contributed by atoms with Crippen molar-refractivity contribution in [1.29, 1.82) is 0 Å². The van der Waals surface area contributed by atoms with Crippen molar-refractivity contribution in [3.63, 3.8) is 0 Å². The largest absolute Gasteiger partial charge is 0.245 e. The van der Waals surface area contributed by atoms with Crippen LogP contribution in [0.2, 0.25) is 5.15 Å². The number of hydrogen-bond donors (Lipinski definition) is 0. The zero-order valence-corrected chi connectivity index (χ0v) is 9.07. The van der Waals surface area contributed by atoms with Crippen molar-refractivity contribution in [2.75, 3.05) is 0 Å². The first kappa shape index (κ1) is 10.3. The fraction of sp³-hybridized carbons (Fsp3) is 0.111. The van der Waals surface area contributed by atoms with Crippen molar-refractivity contribution in [1.82, 2.24) is 19.9 Å². The van der Waals surface area contributed by atoms with E-state index < -0.39 is 0 Å². The Morgan fingerprint density at radius 1 is 1.27 bits per heavy atom. The molecule has 76 valence electrons. The number of alkyl halides is 1. The van der Waals surface area contributed by atoms with Crippen LogP contribution in [0.15, 0.2) is 24.7 Å². The Balaban J connectivity index is 2.49. The highest BCUT2D eigenvalue weighted by Gasteiger charge is 2.05. The van der Waals surface area contributed by atoms with Crippen LogP contribution < -0.4 is 0 Å². The molecule has 0 saturated heterocycles. The second-order valence-corrected chi connectivity index (χ2v) is 3.39. The molecule has 4 nitrogen and oxygen atoms in total. The summed E-state index contributed by atoms with van der Waals surface area (Å²) in [6.45, 7) is 0. The van der Waals surface area contributed by atoms with Crippen molar-refractivity contribution in [2.24, 2.45) is 0 Å². The van der Waals surface area contributed by atoms with Crippen LogP contribution in [-0.4, -0.2) is 19.9 Å². The van der Waals surface area contributed by atoms with Crippen LogP contribution in [0.5, 0.6) is 0 Å². The Labute approximate surface area is 96.3 Å². The van der Waals surface area contributed by atoms with Gasteiger partial charge in [-0.3, -0.25) is 0 Å². The van der Waals surface area contributed by atoms with Gasteiger partial charge in [-0.15, -0.1) is 11.6 Å². The van der Waals surface area contributed by atoms with Crippen LogP contribution in [0.3, 0.4) is 0 Å². The summed E-state index contributed by atoms with van der Waals surface area (Å²) in [4.78, 5) is 16.1. The molecule has 2 rings (SSSR count). The Morgan fingerprint density at radius 3 is 2.80 bits per heavy atom. The molecule has 0 aromatic carbocycles. The second-order valence-electron chi connectivity index (χ2n) is 2.73. The van der Waals surface area contributed by atoms with Crippen molar-refractivity contribution in [3.05, 3.63) is 35.5 Å². The van der Waals surface area contributed by atoms with Gasteiger partial charge in [-0.1, -0.05) is 11.6 Å². The zero-order chi connectivity index (χ0) is 10.7. The molecule has 0 aliphatic carbocycles. The van der Waals surface area contributed by atoms with Gasteiger partial charge in [0.1, 0.15) is 17.2 Å². The summed E-state index contributed by atoms with van der Waals surface area (Å²) >= 11 is 11.5. The molecule has 0 atom stereocenters. The fourth-order valence-electron chi connectivity index (χ4n) is 1.07. The summed E-state index contributed by atoms with van der Waals surface area (Å²) in [6.07, 6.45) is 3.05. The topological polar surface area (TPSA) is 51.6 Å². The lowest BCUT2D eigenvalue weighted by atomic mass is 10.3. The van der Waals surface area contributed by atoms with Crippen molar-refractivity contribution in [3.8, 4) is 11.5 Å². The molecule has 0 N–H and O–H groups in total. The Bertz CT molecular complexity index is 461. The Kier molecular flexibility index (Phi) is 3.08. The van der Waals surface area contributed by atoms with Crippen molar-refractivity contribution >= 4 is 23.2 Å². The number of halogens is 2. The van der Waals surface area contributed by atoms with Gasteiger partial charge in [0, 0.05) is 6.20 Å². The molecule has 2 aromatic rings. The molecule has 0 spiro atoms. The molecule has 15 heavy (non-hydrogen) atoms. The zero-order valence-electron chi connectivity index (χ0n) is 7.56. The third-order valence-corrected chi connectivity index (χ3v) is 2.16. The average molecular weight is 241 g/mol. The van der Waals surface area contributed by atoms with Crippen molar-refractivity contribution < 1.29 is 0 Å². The number of aromatic nitrogens is 4. The van der Waals surface area contributed by atoms with E-state index in [9.17, 15) is 0 Å². The number of nitrogens with zero attached hydrogens (tertiary/aromatic N) is 4. The van der Waals surface area contributed by atoms with Gasteiger partial charge in [0.15, 0.2) is 5.82 Å². The molecule has 0 bridgehead atoms. The lowest BCUT2D eigenvalue weighted by Crippen LogP contribution is -1.96. The summed E-state index contributed by atoms with van der Waals surface area (Å²) in [7, 11) is 0. The SMILES string of the molecule is ClCc1cc(Cl)nc(-c2ccncn2)n1. The number of rotatable bonds is 2. The van der Waals surface area contributed by atoms with Gasteiger partial charge < -0.3 is 0 Å². The highest BCUT2D eigenvalue weighted by Crippen LogP contribution is 2.16. The lowest BCUT2D eigenvalue weighted by Gasteiger charge is -2.01. The summed E-state index contributed by atoms with van der Waals surface area (Å²) in [5.41, 5.74) is 1.30. The molecule has 0 aliphatic heterocycles. The molecule has 0 radical (unpaired) electrons. The lowest BCUT2D eigenvalue weighted by molar-refractivity contribution is 1.06. The summed E-state index contributed by atoms with van der Waals surface area (Å²) in [6, 6.07) is 3.34. The first-order valence-corrected chi connectivity index (χ1v) is 5.06. The molecular weight excluding hydrogens is 235 g/mol. The van der Waals surface area contributed by atoms with Crippen molar-refractivity contribution in [2.45, 2.75) is 5.88 Å². The minimum atomic E-state index is 0.292. The van der Waals surface area contributed by atoms with E-state index >= 15 is 0 Å². The Hall–Kier alpha value is -1.26. The second kappa shape index (κ2) is 4.51. The van der Waals surface area contributed by atoms with Crippen LogP contribution in [0.4, 0.5) is 0 Å². The van der Waals surface area contributed by atoms with Crippen LogP contribution >= 0.6 is 23.2 Å². The third-order valence-electron chi connectivity index (χ3n) is 1.70. The third kappa shape index (κ3) is 2.40. The molecule has 0 fully saturated rings. The van der Waals surface area contributed by atoms with E-state index in [-0.39, 0.29) is 0 Å². The first-order valence-electron chi connectivity index (χ1n) is 4.15. The van der Waals surface area contributed by atoms with E-state index in [4.69, 9.17) is 23.2 Å². The fourth-order valence-corrected chi connectivity index (χ4v) is 1.41. The first-order chi connectivity index (χ1) is 7.29. The van der Waals surface area contributed by atoms with Gasteiger partial charge in [0.05, 0.1) is 11.6 Å². The predicted molar refractivity (Wildman–Crippen MR) is 57.6 cm³/mol. The standard InChI is InChI=1S/C9H6Cl2N4/c10-4-6-3-8(11)15-9(14-6)7-1-2-12-5-13-7/h1-3,5H,4H2. The quantitative estimate of drug-likeness (QED) is 0.598. The average Bonchev–Trinajstić information content (AvgIpc) is 2.29. The molecule has 0 aliphatic rings. The van der Waals surface area contributed by atoms with E-state index in [1.165, 1.54) is 6.33 Å². The molecule has 2 aromatic heterocycles. The van der Waals surface area contributed by atoms with E-state index in [1.807, 2.05) is 0 Å². The van der Waals surface area contributed by atoms with Gasteiger partial charge in [-0.25, -0.2) is 19.9 Å². The van der Waals surface area contributed by atoms with E-state index in [1.54, 1.807) is 18.3 Å². The van der Waals surface area contributed by atoms with Gasteiger partial charge >= 0.3 is 0 Å². The highest BCUT2D eigenvalue weighted by atomic mass is 35.5. The van der Waals surface area contributed by atoms with Crippen LogP contribution in [0.25, 0.3) is 11.5 Å². The predicted octanol–water partition coefficient (Wildman–Crippen LogP) is 2.33. The van der Waals surface area contributed by atoms with Gasteiger partial charge in [0.25, 0.3) is 0 Å². The molecule has 0 unspecified atom stereocenters. The van der Waals surface area contributed by atoms with E-state index in [0.29, 0.717) is 28.2 Å². The monoisotopic (exact) mass is 240 g/mol. The van der Waals surface area contributed by atoms with Gasteiger partial charge in [-0.05, 0) is 12.1 Å². The Morgan fingerprint density at radius 2 is 2.13 bits per heavy atom. The molecule has 2 heterocycles. The van der Waals surface area contributed by atoms with Gasteiger partial charge in [0.2, 0.25) is 0 Å². The smallest absolute Gasteiger partial charge is 0.179 e. The maximum Gasteiger partial charge on any atom is 0.179 e. The minimum Gasteiger partial charge on any atom is -0.245 e. The maximum atomic E-state index is 5.83. The molecular formula is C9H6Cl2N4. The van der Waals surface area contributed by atoms with E-state index in [0.717, 1.165) is 0 Å². The van der Waals surface area contributed by atoms with Crippen LogP contribution in [0.1, 0.15) is 5.69 Å². The summed E-state index contributed by atoms with van der Waals surface area (Å²) in [5.74, 6) is 0.751. The molecule has 0 amide bonds. The summed E-state index contributed by atoms with van der Waals surface area (Å²) < 4.78 is 0. The minimum absolute atomic E-state index is 0.292.